The Morgan fingerprint density at radius 2 is 1.95 bits per heavy atom. The highest BCUT2D eigenvalue weighted by atomic mass is 32.1. The highest BCUT2D eigenvalue weighted by molar-refractivity contribution is 7.17. The first-order chi connectivity index (χ1) is 18.9. The summed E-state index contributed by atoms with van der Waals surface area (Å²) in [7, 11) is 0. The monoisotopic (exact) mass is 539 g/mol. The maximum absolute atomic E-state index is 16.1. The van der Waals surface area contributed by atoms with Crippen molar-refractivity contribution in [3.05, 3.63) is 65.7 Å². The molecular weight excluding hydrogens is 517 g/mol. The molecule has 5 aromatic heterocycles. The second kappa shape index (κ2) is 9.84. The highest BCUT2D eigenvalue weighted by Gasteiger charge is 2.21. The van der Waals surface area contributed by atoms with Crippen LogP contribution in [0.15, 0.2) is 55.0 Å². The van der Waals surface area contributed by atoms with E-state index in [1.165, 1.54) is 24.5 Å². The fraction of sp³-hybridized carbons (Fsp3) is 0.143. The third-order valence-corrected chi connectivity index (χ3v) is 7.48. The van der Waals surface area contributed by atoms with Crippen molar-refractivity contribution in [1.29, 1.82) is 0 Å². The van der Waals surface area contributed by atoms with E-state index in [-0.39, 0.29) is 17.1 Å². The number of ketones is 1. The summed E-state index contributed by atoms with van der Waals surface area (Å²) >= 11 is 1.35. The molecule has 11 heteroatoms. The van der Waals surface area contributed by atoms with Crippen LogP contribution in [0, 0.1) is 5.82 Å². The van der Waals surface area contributed by atoms with Crippen LogP contribution in [0.1, 0.15) is 36.4 Å². The summed E-state index contributed by atoms with van der Waals surface area (Å²) in [6, 6.07) is 10.5. The molecule has 9 nitrogen and oxygen atoms in total. The zero-order valence-corrected chi connectivity index (χ0v) is 21.8. The lowest BCUT2D eigenvalue weighted by Crippen LogP contribution is -2.10. The molecule has 0 aliphatic carbocycles. The van der Waals surface area contributed by atoms with Crippen molar-refractivity contribution in [2.45, 2.75) is 26.7 Å². The Morgan fingerprint density at radius 1 is 1.08 bits per heavy atom. The summed E-state index contributed by atoms with van der Waals surface area (Å²) in [4.78, 5) is 41.9. The number of halogens is 1. The molecule has 0 unspecified atom stereocenters. The molecule has 0 fully saturated rings. The molecule has 6 rings (SSSR count). The molecule has 1 amide bonds. The first-order valence-corrected chi connectivity index (χ1v) is 13.1. The van der Waals surface area contributed by atoms with Gasteiger partial charge in [0.1, 0.15) is 22.7 Å². The minimum absolute atomic E-state index is 0.0144. The van der Waals surface area contributed by atoms with Crippen molar-refractivity contribution in [2.24, 2.45) is 0 Å². The molecule has 1 aromatic carbocycles. The molecule has 0 radical (unpaired) electrons. The lowest BCUT2D eigenvalue weighted by Gasteiger charge is -2.08. The number of nitrogens with zero attached hydrogens (tertiary/aromatic N) is 4. The number of imidazole rings is 1. The molecule has 5 heterocycles. The van der Waals surface area contributed by atoms with Gasteiger partial charge in [0.25, 0.3) is 0 Å². The SMILES string of the molecule is CCCC(=O)Nc1cncc(-c2ccc3[nH]nc(-c4nc5c(-c6ccc(C(C)=O)s6)nccc5[nH]4)c3c2F)c1. The normalized spacial score (nSPS) is 11.4. The number of amides is 1. The number of hydrogen-bond donors (Lipinski definition) is 3. The van der Waals surface area contributed by atoms with E-state index >= 15 is 4.39 Å². The van der Waals surface area contributed by atoms with Gasteiger partial charge in [-0.25, -0.2) is 9.37 Å². The fourth-order valence-electron chi connectivity index (χ4n) is 4.46. The Kier molecular flexibility index (Phi) is 6.20. The van der Waals surface area contributed by atoms with Gasteiger partial charge >= 0.3 is 0 Å². The van der Waals surface area contributed by atoms with Crippen molar-refractivity contribution in [3.8, 4) is 33.2 Å². The second-order valence-corrected chi connectivity index (χ2v) is 10.1. The van der Waals surface area contributed by atoms with Crippen molar-refractivity contribution in [1.82, 2.24) is 30.1 Å². The number of pyridine rings is 2. The van der Waals surface area contributed by atoms with Crippen LogP contribution in [-0.2, 0) is 4.79 Å². The Hall–Kier alpha value is -4.77. The third kappa shape index (κ3) is 4.46. The van der Waals surface area contributed by atoms with Crippen LogP contribution < -0.4 is 5.32 Å². The van der Waals surface area contributed by atoms with Gasteiger partial charge in [0.2, 0.25) is 5.91 Å². The fourth-order valence-corrected chi connectivity index (χ4v) is 5.35. The Morgan fingerprint density at radius 3 is 2.74 bits per heavy atom. The number of carbonyl (C=O) groups is 2. The Balaban J connectivity index is 1.43. The minimum atomic E-state index is -0.488. The molecule has 0 saturated carbocycles. The summed E-state index contributed by atoms with van der Waals surface area (Å²) < 4.78 is 16.1. The zero-order valence-electron chi connectivity index (χ0n) is 21.0. The van der Waals surface area contributed by atoms with Crippen LogP contribution >= 0.6 is 11.3 Å². The number of aromatic nitrogens is 6. The van der Waals surface area contributed by atoms with E-state index in [4.69, 9.17) is 4.98 Å². The predicted octanol–water partition coefficient (Wildman–Crippen LogP) is 6.37. The van der Waals surface area contributed by atoms with Gasteiger partial charge < -0.3 is 10.3 Å². The quantitative estimate of drug-likeness (QED) is 0.202. The number of rotatable bonds is 7. The Labute approximate surface area is 225 Å². The smallest absolute Gasteiger partial charge is 0.224 e. The van der Waals surface area contributed by atoms with Crippen LogP contribution in [0.5, 0.6) is 0 Å². The lowest BCUT2D eigenvalue weighted by molar-refractivity contribution is -0.116. The number of fused-ring (bicyclic) bond motifs is 2. The molecule has 0 atom stereocenters. The number of benzene rings is 1. The number of thiophene rings is 1. The molecule has 0 bridgehead atoms. The van der Waals surface area contributed by atoms with Crippen LogP contribution in [0.2, 0.25) is 0 Å². The average Bonchev–Trinajstić information content (AvgIpc) is 3.67. The number of hydrogen-bond acceptors (Lipinski definition) is 7. The van der Waals surface area contributed by atoms with E-state index in [1.807, 2.05) is 13.0 Å². The number of carbonyl (C=O) groups excluding carboxylic acids is 2. The molecule has 39 heavy (non-hydrogen) atoms. The third-order valence-electron chi connectivity index (χ3n) is 6.29. The lowest BCUT2D eigenvalue weighted by atomic mass is 10.0. The summed E-state index contributed by atoms with van der Waals surface area (Å²) in [5.41, 5.74) is 4.09. The van der Waals surface area contributed by atoms with Gasteiger partial charge in [-0.15, -0.1) is 11.3 Å². The summed E-state index contributed by atoms with van der Waals surface area (Å²) in [6.07, 6.45) is 5.85. The van der Waals surface area contributed by atoms with Gasteiger partial charge in [0.15, 0.2) is 11.6 Å². The number of H-pyrrole nitrogens is 2. The molecule has 0 spiro atoms. The standard InChI is InChI=1S/C28H22FN7O2S/c1-3-4-22(38)32-16-11-15(12-30-13-16)17-5-6-18-23(24(17)29)27(36-35-18)28-33-19-9-10-31-26(25(19)34-28)21-8-7-20(39-21)14(2)37/h5-13H,3-4H2,1-2H3,(H,32,38)(H,33,34)(H,35,36). The molecule has 0 saturated heterocycles. The first kappa shape index (κ1) is 24.6. The van der Waals surface area contributed by atoms with Gasteiger partial charge in [0.05, 0.1) is 38.1 Å². The van der Waals surface area contributed by atoms with E-state index in [2.05, 4.69) is 30.5 Å². The van der Waals surface area contributed by atoms with Crippen LogP contribution in [0.25, 0.3) is 55.2 Å². The molecule has 194 valence electrons. The van der Waals surface area contributed by atoms with Crippen LogP contribution in [-0.4, -0.2) is 41.8 Å². The van der Waals surface area contributed by atoms with Crippen LogP contribution in [0.3, 0.4) is 0 Å². The molecule has 6 aromatic rings. The van der Waals surface area contributed by atoms with Crippen molar-refractivity contribution in [2.75, 3.05) is 5.32 Å². The van der Waals surface area contributed by atoms with Crippen LogP contribution in [0.4, 0.5) is 10.1 Å². The predicted molar refractivity (Wildman–Crippen MR) is 149 cm³/mol. The van der Waals surface area contributed by atoms with E-state index in [0.29, 0.717) is 61.9 Å². The number of Topliss-reactive ketones (excluding diaryl/α,β-unsaturated/α-hetero) is 1. The van der Waals surface area contributed by atoms with Gasteiger partial charge in [-0.2, -0.15) is 5.10 Å². The van der Waals surface area contributed by atoms with E-state index in [9.17, 15) is 9.59 Å². The highest BCUT2D eigenvalue weighted by Crippen LogP contribution is 2.36. The molecule has 0 aliphatic heterocycles. The second-order valence-electron chi connectivity index (χ2n) is 9.04. The van der Waals surface area contributed by atoms with Crippen molar-refractivity contribution in [3.63, 3.8) is 0 Å². The summed E-state index contributed by atoms with van der Waals surface area (Å²) in [5, 5.41) is 10.3. The van der Waals surface area contributed by atoms with Crippen molar-refractivity contribution < 1.29 is 14.0 Å². The van der Waals surface area contributed by atoms with Gasteiger partial charge in [0, 0.05) is 29.9 Å². The topological polar surface area (TPSA) is 129 Å². The number of aromatic amines is 2. The number of nitrogens with one attached hydrogen (secondary N) is 3. The average molecular weight is 540 g/mol. The maximum Gasteiger partial charge on any atom is 0.224 e. The maximum atomic E-state index is 16.1. The zero-order chi connectivity index (χ0) is 27.1. The van der Waals surface area contributed by atoms with Crippen molar-refractivity contribution >= 4 is 50.7 Å². The molecule has 3 N–H and O–H groups in total. The molecular formula is C28H22FN7O2S. The van der Waals surface area contributed by atoms with Gasteiger partial charge in [-0.3, -0.25) is 24.7 Å². The first-order valence-electron chi connectivity index (χ1n) is 12.3. The largest absolute Gasteiger partial charge is 0.336 e. The van der Waals surface area contributed by atoms with E-state index in [1.54, 1.807) is 42.7 Å². The van der Waals surface area contributed by atoms with Gasteiger partial charge in [-0.05, 0) is 49.7 Å². The van der Waals surface area contributed by atoms with Gasteiger partial charge in [-0.1, -0.05) is 6.92 Å². The van der Waals surface area contributed by atoms with E-state index in [0.717, 1.165) is 11.3 Å². The Bertz CT molecular complexity index is 1890. The minimum Gasteiger partial charge on any atom is -0.336 e. The summed E-state index contributed by atoms with van der Waals surface area (Å²) in [6.45, 7) is 3.45. The molecule has 0 aliphatic rings. The summed E-state index contributed by atoms with van der Waals surface area (Å²) in [5.74, 6) is -0.246. The number of anilines is 1. The van der Waals surface area contributed by atoms with E-state index < -0.39 is 5.82 Å².